The standard InChI is InChI=1S/C17H12F3N3O2/c18-17(19,20)9-1-3-10(4-2-9)23-8-13(11-7-12(11)16(24)25)14-15(23)22-6-5-21-14/h1-6,8,11-12H,7H2,(H,24,25)/t11?,12-/m1/s1. The maximum Gasteiger partial charge on any atom is 0.416 e. The smallest absolute Gasteiger partial charge is 0.416 e. The number of hydrogen-bond donors (Lipinski definition) is 1. The van der Waals surface area contributed by atoms with Crippen molar-refractivity contribution in [2.24, 2.45) is 5.92 Å². The van der Waals surface area contributed by atoms with Gasteiger partial charge >= 0.3 is 12.1 Å². The topological polar surface area (TPSA) is 68.0 Å². The number of benzene rings is 1. The molecular weight excluding hydrogens is 335 g/mol. The van der Waals surface area contributed by atoms with Gasteiger partial charge in [-0.05, 0) is 30.7 Å². The Labute approximate surface area is 139 Å². The van der Waals surface area contributed by atoms with Crippen LogP contribution in [-0.2, 0) is 11.0 Å². The fourth-order valence-corrected chi connectivity index (χ4v) is 3.06. The average molecular weight is 347 g/mol. The van der Waals surface area contributed by atoms with Crippen LogP contribution in [0, 0.1) is 5.92 Å². The van der Waals surface area contributed by atoms with Gasteiger partial charge in [0, 0.05) is 35.8 Å². The van der Waals surface area contributed by atoms with E-state index in [2.05, 4.69) is 9.97 Å². The minimum absolute atomic E-state index is 0.146. The molecule has 1 aliphatic rings. The molecule has 0 spiro atoms. The molecule has 128 valence electrons. The number of fused-ring (bicyclic) bond motifs is 1. The van der Waals surface area contributed by atoms with E-state index in [-0.39, 0.29) is 5.92 Å². The van der Waals surface area contributed by atoms with Gasteiger partial charge in [0.05, 0.1) is 11.5 Å². The van der Waals surface area contributed by atoms with Gasteiger partial charge in [0.15, 0.2) is 5.65 Å². The number of carboxylic acid groups (broad SMARTS) is 1. The number of hydrogen-bond acceptors (Lipinski definition) is 3. The highest BCUT2D eigenvalue weighted by atomic mass is 19.4. The van der Waals surface area contributed by atoms with Gasteiger partial charge in [0.1, 0.15) is 5.52 Å². The number of nitrogens with zero attached hydrogens (tertiary/aromatic N) is 3. The Hall–Kier alpha value is -2.90. The number of carbonyl (C=O) groups is 1. The molecule has 5 nitrogen and oxygen atoms in total. The molecule has 8 heteroatoms. The van der Waals surface area contributed by atoms with Crippen LogP contribution in [0.3, 0.4) is 0 Å². The number of carboxylic acids is 1. The molecule has 3 aromatic rings. The average Bonchev–Trinajstić information content (AvgIpc) is 3.29. The van der Waals surface area contributed by atoms with Gasteiger partial charge in [-0.2, -0.15) is 13.2 Å². The van der Waals surface area contributed by atoms with Crippen molar-refractivity contribution in [2.45, 2.75) is 18.5 Å². The predicted molar refractivity (Wildman–Crippen MR) is 82.4 cm³/mol. The van der Waals surface area contributed by atoms with Crippen LogP contribution in [0.4, 0.5) is 13.2 Å². The Morgan fingerprint density at radius 3 is 2.44 bits per heavy atom. The lowest BCUT2D eigenvalue weighted by molar-refractivity contribution is -0.139. The first-order valence-electron chi connectivity index (χ1n) is 7.58. The van der Waals surface area contributed by atoms with Gasteiger partial charge in [-0.3, -0.25) is 14.3 Å². The van der Waals surface area contributed by atoms with Crippen molar-refractivity contribution in [1.29, 1.82) is 0 Å². The first-order valence-corrected chi connectivity index (χ1v) is 7.58. The third-order valence-electron chi connectivity index (χ3n) is 4.43. The van der Waals surface area contributed by atoms with E-state index < -0.39 is 23.6 Å². The minimum atomic E-state index is -4.40. The molecule has 4 rings (SSSR count). The molecular formula is C17H12F3N3O2. The van der Waals surface area contributed by atoms with E-state index in [0.29, 0.717) is 23.3 Å². The number of halogens is 3. The van der Waals surface area contributed by atoms with Gasteiger partial charge in [0.2, 0.25) is 0 Å². The zero-order valence-corrected chi connectivity index (χ0v) is 12.7. The Bertz CT molecular complexity index is 963. The summed E-state index contributed by atoms with van der Waals surface area (Å²) in [4.78, 5) is 19.7. The van der Waals surface area contributed by atoms with E-state index in [0.717, 1.165) is 17.7 Å². The summed E-state index contributed by atoms with van der Waals surface area (Å²) >= 11 is 0. The van der Waals surface area contributed by atoms with E-state index in [1.807, 2.05) is 0 Å². The third-order valence-corrected chi connectivity index (χ3v) is 4.43. The molecule has 0 saturated heterocycles. The molecule has 0 radical (unpaired) electrons. The normalized spacial score (nSPS) is 20.0. The molecule has 1 aromatic carbocycles. The highest BCUT2D eigenvalue weighted by Gasteiger charge is 2.46. The lowest BCUT2D eigenvalue weighted by Gasteiger charge is -2.08. The van der Waals surface area contributed by atoms with Gasteiger partial charge in [-0.15, -0.1) is 0 Å². The molecule has 1 aliphatic carbocycles. The largest absolute Gasteiger partial charge is 0.481 e. The Morgan fingerprint density at radius 2 is 1.84 bits per heavy atom. The van der Waals surface area contributed by atoms with Crippen molar-refractivity contribution in [2.75, 3.05) is 0 Å². The second kappa shape index (κ2) is 5.30. The van der Waals surface area contributed by atoms with Crippen LogP contribution >= 0.6 is 0 Å². The fraction of sp³-hybridized carbons (Fsp3) is 0.235. The maximum absolute atomic E-state index is 12.7. The molecule has 1 N–H and O–H groups in total. The van der Waals surface area contributed by atoms with E-state index in [4.69, 9.17) is 5.11 Å². The summed E-state index contributed by atoms with van der Waals surface area (Å²) in [5, 5.41) is 9.14. The lowest BCUT2D eigenvalue weighted by Crippen LogP contribution is -2.05. The van der Waals surface area contributed by atoms with Gasteiger partial charge in [0.25, 0.3) is 0 Å². The molecule has 0 aliphatic heterocycles. The van der Waals surface area contributed by atoms with Gasteiger partial charge in [-0.25, -0.2) is 4.98 Å². The number of alkyl halides is 3. The molecule has 2 heterocycles. The molecule has 1 unspecified atom stereocenters. The first-order chi connectivity index (χ1) is 11.9. The molecule has 2 atom stereocenters. The van der Waals surface area contributed by atoms with Crippen molar-refractivity contribution in [3.8, 4) is 5.69 Å². The summed E-state index contributed by atoms with van der Waals surface area (Å²) < 4.78 is 39.8. The highest BCUT2D eigenvalue weighted by Crippen LogP contribution is 2.49. The van der Waals surface area contributed by atoms with Crippen molar-refractivity contribution in [3.63, 3.8) is 0 Å². The summed E-state index contributed by atoms with van der Waals surface area (Å²) in [6, 6.07) is 4.74. The lowest BCUT2D eigenvalue weighted by atomic mass is 10.1. The summed E-state index contributed by atoms with van der Waals surface area (Å²) in [6.45, 7) is 0. The zero-order chi connectivity index (χ0) is 17.8. The maximum atomic E-state index is 12.7. The molecule has 0 bridgehead atoms. The highest BCUT2D eigenvalue weighted by molar-refractivity contribution is 5.82. The van der Waals surface area contributed by atoms with Crippen molar-refractivity contribution in [3.05, 3.63) is 54.0 Å². The Kier molecular flexibility index (Phi) is 3.31. The molecule has 2 aromatic heterocycles. The number of rotatable bonds is 3. The Balaban J connectivity index is 1.79. The zero-order valence-electron chi connectivity index (χ0n) is 12.7. The third kappa shape index (κ3) is 2.63. The summed E-state index contributed by atoms with van der Waals surface area (Å²) in [6.07, 6.45) is 0.860. The van der Waals surface area contributed by atoms with Crippen molar-refractivity contribution >= 4 is 17.1 Å². The number of aromatic nitrogens is 3. The predicted octanol–water partition coefficient (Wildman–Crippen LogP) is 3.63. The fourth-order valence-electron chi connectivity index (χ4n) is 3.06. The van der Waals surface area contributed by atoms with E-state index in [1.165, 1.54) is 24.5 Å². The summed E-state index contributed by atoms with van der Waals surface area (Å²) in [7, 11) is 0. The SMILES string of the molecule is O=C(O)[C@@H]1CC1c1cn(-c2ccc(C(F)(F)F)cc2)c2nccnc12. The van der Waals surface area contributed by atoms with Crippen LogP contribution in [0.2, 0.25) is 0 Å². The molecule has 1 saturated carbocycles. The molecule has 1 fully saturated rings. The Morgan fingerprint density at radius 1 is 1.16 bits per heavy atom. The molecule has 0 amide bonds. The van der Waals surface area contributed by atoms with Crippen LogP contribution in [0.1, 0.15) is 23.5 Å². The first kappa shape index (κ1) is 15.6. The van der Waals surface area contributed by atoms with Gasteiger partial charge in [-0.1, -0.05) is 0 Å². The van der Waals surface area contributed by atoms with E-state index in [9.17, 15) is 18.0 Å². The second-order valence-electron chi connectivity index (χ2n) is 6.01. The van der Waals surface area contributed by atoms with E-state index >= 15 is 0 Å². The van der Waals surface area contributed by atoms with E-state index in [1.54, 1.807) is 10.8 Å². The summed E-state index contributed by atoms with van der Waals surface area (Å²) in [5.41, 5.74) is 1.62. The minimum Gasteiger partial charge on any atom is -0.481 e. The second-order valence-corrected chi connectivity index (χ2v) is 6.01. The monoisotopic (exact) mass is 347 g/mol. The van der Waals surface area contributed by atoms with Crippen LogP contribution < -0.4 is 0 Å². The van der Waals surface area contributed by atoms with Crippen LogP contribution in [0.5, 0.6) is 0 Å². The quantitative estimate of drug-likeness (QED) is 0.786. The van der Waals surface area contributed by atoms with Gasteiger partial charge < -0.3 is 5.11 Å². The van der Waals surface area contributed by atoms with Crippen LogP contribution in [-0.4, -0.2) is 25.6 Å². The van der Waals surface area contributed by atoms with Crippen LogP contribution in [0.15, 0.2) is 42.9 Å². The van der Waals surface area contributed by atoms with Crippen molar-refractivity contribution in [1.82, 2.24) is 14.5 Å². The molecule has 25 heavy (non-hydrogen) atoms. The van der Waals surface area contributed by atoms with Crippen LogP contribution in [0.25, 0.3) is 16.9 Å². The van der Waals surface area contributed by atoms with Crippen molar-refractivity contribution < 1.29 is 23.1 Å². The summed E-state index contributed by atoms with van der Waals surface area (Å²) in [5.74, 6) is -1.45. The number of aliphatic carboxylic acids is 1.